The number of ether oxygens (including phenoxy) is 1. The molecule has 0 aliphatic heterocycles. The van der Waals surface area contributed by atoms with Crippen molar-refractivity contribution in [3.63, 3.8) is 0 Å². The van der Waals surface area contributed by atoms with Gasteiger partial charge in [0.1, 0.15) is 17.3 Å². The first-order valence-corrected chi connectivity index (χ1v) is 9.04. The molecule has 1 aromatic heterocycles. The van der Waals surface area contributed by atoms with E-state index in [1.165, 1.54) is 48.1 Å². The van der Waals surface area contributed by atoms with Gasteiger partial charge in [-0.15, -0.1) is 0 Å². The van der Waals surface area contributed by atoms with Crippen LogP contribution in [-0.4, -0.2) is 40.2 Å². The van der Waals surface area contributed by atoms with Crippen LogP contribution in [0.25, 0.3) is 5.69 Å². The third-order valence-electron chi connectivity index (χ3n) is 4.20. The number of hydrogen-bond acceptors (Lipinski definition) is 7. The first-order valence-electron chi connectivity index (χ1n) is 9.04. The lowest BCUT2D eigenvalue weighted by molar-refractivity contribution is -0.384. The Kier molecular flexibility index (Phi) is 6.24. The number of aromatic nitrogens is 2. The second-order valence-electron chi connectivity index (χ2n) is 6.42. The maximum Gasteiger partial charge on any atom is 0.338 e. The van der Waals surface area contributed by atoms with Crippen molar-refractivity contribution >= 4 is 29.1 Å². The molecule has 160 valence electrons. The summed E-state index contributed by atoms with van der Waals surface area (Å²) in [5.74, 6) is -1.63. The third kappa shape index (κ3) is 5.01. The lowest BCUT2D eigenvalue weighted by Crippen LogP contribution is -2.22. The molecule has 3 aromatic rings. The maximum absolute atomic E-state index is 13.2. The predicted molar refractivity (Wildman–Crippen MR) is 110 cm³/mol. The molecule has 0 aliphatic carbocycles. The van der Waals surface area contributed by atoms with Crippen LogP contribution in [0.5, 0.6) is 0 Å². The molecule has 0 saturated heterocycles. The van der Waals surface area contributed by atoms with Gasteiger partial charge in [0.05, 0.1) is 21.9 Å². The van der Waals surface area contributed by atoms with E-state index in [2.05, 4.69) is 15.7 Å². The minimum atomic E-state index is -0.885. The quantitative estimate of drug-likeness (QED) is 0.337. The minimum Gasteiger partial charge on any atom is -0.452 e. The van der Waals surface area contributed by atoms with Crippen LogP contribution in [0.4, 0.5) is 21.6 Å². The Morgan fingerprint density at radius 2 is 1.90 bits per heavy atom. The number of hydrogen-bond donors (Lipinski definition) is 2. The van der Waals surface area contributed by atoms with Gasteiger partial charge in [-0.05, 0) is 43.3 Å². The van der Waals surface area contributed by atoms with E-state index < -0.39 is 29.2 Å². The van der Waals surface area contributed by atoms with Crippen molar-refractivity contribution in [2.45, 2.75) is 6.92 Å². The normalized spacial score (nSPS) is 10.4. The van der Waals surface area contributed by atoms with Gasteiger partial charge in [0, 0.05) is 19.2 Å². The fourth-order valence-corrected chi connectivity index (χ4v) is 2.78. The SMILES string of the molecule is CNc1ccc(C(=O)OCC(=O)Nc2cc(C)nn2-c2ccc(F)cc2)cc1[N+](=O)[O-]. The summed E-state index contributed by atoms with van der Waals surface area (Å²) in [4.78, 5) is 34.9. The molecule has 3 rings (SSSR count). The fraction of sp³-hybridized carbons (Fsp3) is 0.150. The smallest absolute Gasteiger partial charge is 0.338 e. The van der Waals surface area contributed by atoms with Gasteiger partial charge < -0.3 is 15.4 Å². The summed E-state index contributed by atoms with van der Waals surface area (Å²) in [6.45, 7) is 1.10. The number of nitrogens with zero attached hydrogens (tertiary/aromatic N) is 3. The molecule has 0 atom stereocenters. The van der Waals surface area contributed by atoms with Crippen LogP contribution < -0.4 is 10.6 Å². The number of nitro groups is 1. The molecule has 11 heteroatoms. The van der Waals surface area contributed by atoms with E-state index in [9.17, 15) is 24.1 Å². The zero-order valence-electron chi connectivity index (χ0n) is 16.6. The van der Waals surface area contributed by atoms with Crippen molar-refractivity contribution in [3.05, 3.63) is 75.7 Å². The van der Waals surface area contributed by atoms with E-state index >= 15 is 0 Å². The van der Waals surface area contributed by atoms with E-state index in [0.717, 1.165) is 6.07 Å². The van der Waals surface area contributed by atoms with Gasteiger partial charge in [-0.2, -0.15) is 5.10 Å². The summed E-state index contributed by atoms with van der Waals surface area (Å²) in [5, 5.41) is 20.6. The molecule has 0 unspecified atom stereocenters. The van der Waals surface area contributed by atoms with Crippen molar-refractivity contribution in [1.29, 1.82) is 0 Å². The molecule has 0 spiro atoms. The number of nitro benzene ring substituents is 1. The number of carbonyl (C=O) groups excluding carboxylic acids is 2. The average Bonchev–Trinajstić information content (AvgIpc) is 3.11. The lowest BCUT2D eigenvalue weighted by atomic mass is 10.1. The molecule has 0 aliphatic rings. The molecular weight excluding hydrogens is 409 g/mol. The molecule has 0 radical (unpaired) electrons. The molecule has 1 heterocycles. The number of benzene rings is 2. The molecule has 0 fully saturated rings. The van der Waals surface area contributed by atoms with Crippen LogP contribution in [0.3, 0.4) is 0 Å². The maximum atomic E-state index is 13.2. The van der Waals surface area contributed by atoms with Gasteiger partial charge in [-0.25, -0.2) is 13.9 Å². The Morgan fingerprint density at radius 3 is 2.55 bits per heavy atom. The highest BCUT2D eigenvalue weighted by Gasteiger charge is 2.19. The van der Waals surface area contributed by atoms with Gasteiger partial charge >= 0.3 is 5.97 Å². The zero-order valence-corrected chi connectivity index (χ0v) is 16.6. The van der Waals surface area contributed by atoms with Gasteiger partial charge in [-0.3, -0.25) is 14.9 Å². The third-order valence-corrected chi connectivity index (χ3v) is 4.20. The predicted octanol–water partition coefficient (Wildman–Crippen LogP) is 3.07. The molecule has 10 nitrogen and oxygen atoms in total. The van der Waals surface area contributed by atoms with Gasteiger partial charge in [0.25, 0.3) is 11.6 Å². The Hall–Kier alpha value is -4.28. The molecule has 31 heavy (non-hydrogen) atoms. The number of nitrogens with one attached hydrogen (secondary N) is 2. The van der Waals surface area contributed by atoms with E-state index in [1.807, 2.05) is 0 Å². The van der Waals surface area contributed by atoms with E-state index in [-0.39, 0.29) is 16.9 Å². The van der Waals surface area contributed by atoms with E-state index in [0.29, 0.717) is 17.2 Å². The monoisotopic (exact) mass is 427 g/mol. The number of carbonyl (C=O) groups is 2. The first-order chi connectivity index (χ1) is 14.8. The topological polar surface area (TPSA) is 128 Å². The van der Waals surface area contributed by atoms with Crippen LogP contribution in [-0.2, 0) is 9.53 Å². The van der Waals surface area contributed by atoms with E-state index in [4.69, 9.17) is 4.74 Å². The summed E-state index contributed by atoms with van der Waals surface area (Å²) in [5.41, 5.74) is 1.02. The highest BCUT2D eigenvalue weighted by molar-refractivity contribution is 5.96. The van der Waals surface area contributed by atoms with Gasteiger partial charge in [0.2, 0.25) is 0 Å². The molecule has 1 amide bonds. The summed E-state index contributed by atoms with van der Waals surface area (Å²) >= 11 is 0. The summed E-state index contributed by atoms with van der Waals surface area (Å²) in [6, 6.07) is 10.9. The average molecular weight is 427 g/mol. The number of halogens is 1. The van der Waals surface area contributed by atoms with Crippen LogP contribution in [0.1, 0.15) is 16.1 Å². The van der Waals surface area contributed by atoms with Crippen LogP contribution in [0, 0.1) is 22.9 Å². The number of amides is 1. The molecular formula is C20H18FN5O5. The number of aryl methyl sites for hydroxylation is 1. The minimum absolute atomic E-state index is 0.0642. The Morgan fingerprint density at radius 1 is 1.19 bits per heavy atom. The Labute approximate surface area is 175 Å². The van der Waals surface area contributed by atoms with Crippen molar-refractivity contribution in [1.82, 2.24) is 9.78 Å². The highest BCUT2D eigenvalue weighted by atomic mass is 19.1. The van der Waals surface area contributed by atoms with Gasteiger partial charge in [-0.1, -0.05) is 0 Å². The number of rotatable bonds is 7. The van der Waals surface area contributed by atoms with E-state index in [1.54, 1.807) is 13.0 Å². The van der Waals surface area contributed by atoms with Crippen molar-refractivity contribution in [2.24, 2.45) is 0 Å². The second kappa shape index (κ2) is 9.03. The fourth-order valence-electron chi connectivity index (χ4n) is 2.78. The Bertz CT molecular complexity index is 1140. The molecule has 0 bridgehead atoms. The van der Waals surface area contributed by atoms with Crippen molar-refractivity contribution in [2.75, 3.05) is 24.3 Å². The zero-order chi connectivity index (χ0) is 22.5. The van der Waals surface area contributed by atoms with Crippen molar-refractivity contribution < 1.29 is 23.6 Å². The van der Waals surface area contributed by atoms with Gasteiger partial charge in [0.15, 0.2) is 6.61 Å². The summed E-state index contributed by atoms with van der Waals surface area (Å²) < 4.78 is 19.5. The number of anilines is 2. The first kappa shape index (κ1) is 21.4. The number of esters is 1. The molecule has 2 N–H and O–H groups in total. The summed E-state index contributed by atoms with van der Waals surface area (Å²) in [6.07, 6.45) is 0. The van der Waals surface area contributed by atoms with Crippen LogP contribution >= 0.6 is 0 Å². The largest absolute Gasteiger partial charge is 0.452 e. The second-order valence-corrected chi connectivity index (χ2v) is 6.42. The molecule has 0 saturated carbocycles. The summed E-state index contributed by atoms with van der Waals surface area (Å²) in [7, 11) is 1.52. The Balaban J connectivity index is 1.67. The lowest BCUT2D eigenvalue weighted by Gasteiger charge is -2.10. The molecule has 2 aromatic carbocycles. The highest BCUT2D eigenvalue weighted by Crippen LogP contribution is 2.25. The van der Waals surface area contributed by atoms with Crippen molar-refractivity contribution in [3.8, 4) is 5.69 Å². The van der Waals surface area contributed by atoms with Crippen LogP contribution in [0.2, 0.25) is 0 Å². The standard InChI is InChI=1S/C20H18FN5O5/c1-12-9-18(25(24-12)15-6-4-14(21)5-7-15)23-19(27)11-31-20(28)13-3-8-16(22-2)17(10-13)26(29)30/h3-10,22H,11H2,1-2H3,(H,23,27). The van der Waals surface area contributed by atoms with Crippen LogP contribution in [0.15, 0.2) is 48.5 Å².